The number of nitrogens with zero attached hydrogens (tertiary/aromatic N) is 2. The van der Waals surface area contributed by atoms with Crippen molar-refractivity contribution >= 4 is 38.7 Å². The molecule has 0 atom stereocenters. The van der Waals surface area contributed by atoms with Crippen molar-refractivity contribution in [2.45, 2.75) is 12.2 Å². The van der Waals surface area contributed by atoms with Crippen molar-refractivity contribution in [3.05, 3.63) is 28.5 Å². The van der Waals surface area contributed by atoms with Crippen LogP contribution < -0.4 is 0 Å². The smallest absolute Gasteiger partial charge is 0.325 e. The normalized spacial score (nSPS) is 17.1. The number of hydrogen-bond donors (Lipinski definition) is 0. The van der Waals surface area contributed by atoms with Gasteiger partial charge in [-0.15, -0.1) is 0 Å². The number of hydrogen-bond acceptors (Lipinski definition) is 2. The molecule has 18 heavy (non-hydrogen) atoms. The molecule has 0 aliphatic carbocycles. The molecule has 1 aliphatic rings. The standard InChI is InChI=1S/C11H8BrF3N2S/c12-6-1-8(11(13,14)15)10-9(2-6)16-5-17(10)7-3-18-4-7/h1-2,5,7H,3-4H2. The predicted octanol–water partition coefficient (Wildman–Crippen LogP) is 4.11. The van der Waals surface area contributed by atoms with Crippen LogP contribution in [-0.2, 0) is 6.18 Å². The highest BCUT2D eigenvalue weighted by atomic mass is 79.9. The summed E-state index contributed by atoms with van der Waals surface area (Å²) in [6.07, 6.45) is -2.85. The lowest BCUT2D eigenvalue weighted by Crippen LogP contribution is -2.23. The van der Waals surface area contributed by atoms with Crippen LogP contribution in [0.25, 0.3) is 11.0 Å². The van der Waals surface area contributed by atoms with Gasteiger partial charge in [0.15, 0.2) is 0 Å². The zero-order valence-corrected chi connectivity index (χ0v) is 11.4. The van der Waals surface area contributed by atoms with Gasteiger partial charge in [-0.1, -0.05) is 15.9 Å². The Bertz CT molecular complexity index is 604. The van der Waals surface area contributed by atoms with Crippen molar-refractivity contribution in [3.8, 4) is 0 Å². The van der Waals surface area contributed by atoms with E-state index in [9.17, 15) is 13.2 Å². The fourth-order valence-corrected chi connectivity index (χ4v) is 3.23. The first-order chi connectivity index (χ1) is 8.47. The van der Waals surface area contributed by atoms with Crippen LogP contribution in [0.15, 0.2) is 22.9 Å². The molecule has 0 radical (unpaired) electrons. The maximum absolute atomic E-state index is 13.1. The SMILES string of the molecule is FC(F)(F)c1cc(Br)cc2ncn(C3CSC3)c12. The summed E-state index contributed by atoms with van der Waals surface area (Å²) in [6.45, 7) is 0. The molecule has 0 amide bonds. The highest BCUT2D eigenvalue weighted by molar-refractivity contribution is 9.10. The molecule has 0 unspecified atom stereocenters. The largest absolute Gasteiger partial charge is 0.418 e. The molecule has 96 valence electrons. The number of thioether (sulfide) groups is 1. The van der Waals surface area contributed by atoms with E-state index < -0.39 is 11.7 Å². The van der Waals surface area contributed by atoms with Gasteiger partial charge < -0.3 is 4.57 Å². The molecular weight excluding hydrogens is 329 g/mol. The molecule has 1 fully saturated rings. The Morgan fingerprint density at radius 2 is 2.06 bits per heavy atom. The molecule has 0 N–H and O–H groups in total. The average Bonchev–Trinajstić information content (AvgIpc) is 2.56. The van der Waals surface area contributed by atoms with E-state index in [4.69, 9.17) is 0 Å². The summed E-state index contributed by atoms with van der Waals surface area (Å²) >= 11 is 4.83. The molecule has 1 aromatic heterocycles. The van der Waals surface area contributed by atoms with Gasteiger partial charge in [-0.25, -0.2) is 4.98 Å². The third-order valence-corrected chi connectivity index (χ3v) is 4.65. The Morgan fingerprint density at radius 1 is 1.33 bits per heavy atom. The summed E-state index contributed by atoms with van der Waals surface area (Å²) in [7, 11) is 0. The Kier molecular flexibility index (Phi) is 2.85. The van der Waals surface area contributed by atoms with Crippen molar-refractivity contribution < 1.29 is 13.2 Å². The molecule has 0 spiro atoms. The topological polar surface area (TPSA) is 17.8 Å². The fourth-order valence-electron chi connectivity index (χ4n) is 2.01. The van der Waals surface area contributed by atoms with E-state index in [-0.39, 0.29) is 11.6 Å². The van der Waals surface area contributed by atoms with Crippen LogP contribution in [0.3, 0.4) is 0 Å². The third-order valence-electron chi connectivity index (χ3n) is 2.95. The van der Waals surface area contributed by atoms with Gasteiger partial charge >= 0.3 is 6.18 Å². The fraction of sp³-hybridized carbons (Fsp3) is 0.364. The van der Waals surface area contributed by atoms with Gasteiger partial charge in [0.1, 0.15) is 0 Å². The second-order valence-corrected chi connectivity index (χ2v) is 6.15. The minimum Gasteiger partial charge on any atom is -0.325 e. The molecule has 2 aromatic rings. The first kappa shape index (κ1) is 12.3. The number of imidazole rings is 1. The molecule has 1 aromatic carbocycles. The van der Waals surface area contributed by atoms with Gasteiger partial charge in [0, 0.05) is 16.0 Å². The molecule has 0 saturated carbocycles. The summed E-state index contributed by atoms with van der Waals surface area (Å²) in [6, 6.07) is 2.86. The van der Waals surface area contributed by atoms with Crippen molar-refractivity contribution in [3.63, 3.8) is 0 Å². The van der Waals surface area contributed by atoms with Crippen molar-refractivity contribution in [2.24, 2.45) is 0 Å². The highest BCUT2D eigenvalue weighted by Crippen LogP contribution is 2.39. The number of fused-ring (bicyclic) bond motifs is 1. The first-order valence-electron chi connectivity index (χ1n) is 5.28. The molecule has 2 nitrogen and oxygen atoms in total. The monoisotopic (exact) mass is 336 g/mol. The van der Waals surface area contributed by atoms with Gasteiger partial charge in [-0.2, -0.15) is 24.9 Å². The van der Waals surface area contributed by atoms with E-state index in [1.54, 1.807) is 22.4 Å². The van der Waals surface area contributed by atoms with Gasteiger partial charge in [-0.3, -0.25) is 0 Å². The number of alkyl halides is 3. The summed E-state index contributed by atoms with van der Waals surface area (Å²) in [5, 5.41) is 0. The molecule has 0 bridgehead atoms. The van der Waals surface area contributed by atoms with Crippen LogP contribution in [0.5, 0.6) is 0 Å². The van der Waals surface area contributed by atoms with Crippen LogP contribution in [0.1, 0.15) is 11.6 Å². The number of halogens is 4. The number of benzene rings is 1. The molecular formula is C11H8BrF3N2S. The summed E-state index contributed by atoms with van der Waals surface area (Å²) in [5.41, 5.74) is -0.0501. The van der Waals surface area contributed by atoms with Crippen LogP contribution in [0.4, 0.5) is 13.2 Å². The Balaban J connectivity index is 2.27. The molecule has 2 heterocycles. The first-order valence-corrected chi connectivity index (χ1v) is 7.22. The lowest BCUT2D eigenvalue weighted by molar-refractivity contribution is -0.136. The van der Waals surface area contributed by atoms with Crippen LogP contribution >= 0.6 is 27.7 Å². The maximum atomic E-state index is 13.1. The summed E-state index contributed by atoms with van der Waals surface area (Å²) < 4.78 is 41.3. The van der Waals surface area contributed by atoms with E-state index in [0.29, 0.717) is 9.99 Å². The Hall–Kier alpha value is -0.690. The van der Waals surface area contributed by atoms with Crippen molar-refractivity contribution in [2.75, 3.05) is 11.5 Å². The maximum Gasteiger partial charge on any atom is 0.418 e. The van der Waals surface area contributed by atoms with Crippen LogP contribution in [0, 0.1) is 0 Å². The predicted molar refractivity (Wildman–Crippen MR) is 68.8 cm³/mol. The lowest BCUT2D eigenvalue weighted by Gasteiger charge is -2.27. The molecule has 1 saturated heterocycles. The summed E-state index contributed by atoms with van der Waals surface area (Å²) in [5.74, 6) is 1.69. The Morgan fingerprint density at radius 3 is 2.61 bits per heavy atom. The van der Waals surface area contributed by atoms with Gasteiger partial charge in [0.25, 0.3) is 0 Å². The minimum atomic E-state index is -4.36. The average molecular weight is 337 g/mol. The number of aromatic nitrogens is 2. The van der Waals surface area contributed by atoms with E-state index in [1.165, 1.54) is 6.33 Å². The zero-order valence-electron chi connectivity index (χ0n) is 9.04. The minimum absolute atomic E-state index is 0.127. The van der Waals surface area contributed by atoms with Crippen LogP contribution in [-0.4, -0.2) is 21.1 Å². The zero-order chi connectivity index (χ0) is 12.9. The van der Waals surface area contributed by atoms with Gasteiger partial charge in [0.05, 0.1) is 29.0 Å². The van der Waals surface area contributed by atoms with E-state index >= 15 is 0 Å². The molecule has 3 rings (SSSR count). The van der Waals surface area contributed by atoms with E-state index in [0.717, 1.165) is 17.6 Å². The molecule has 7 heteroatoms. The van der Waals surface area contributed by atoms with Gasteiger partial charge in [0.2, 0.25) is 0 Å². The van der Waals surface area contributed by atoms with Crippen molar-refractivity contribution in [1.82, 2.24) is 9.55 Å². The number of rotatable bonds is 1. The second kappa shape index (κ2) is 4.16. The second-order valence-electron chi connectivity index (χ2n) is 4.16. The van der Waals surface area contributed by atoms with Crippen molar-refractivity contribution in [1.29, 1.82) is 0 Å². The van der Waals surface area contributed by atoms with E-state index in [1.807, 2.05) is 0 Å². The van der Waals surface area contributed by atoms with E-state index in [2.05, 4.69) is 20.9 Å². The highest BCUT2D eigenvalue weighted by Gasteiger charge is 2.36. The summed E-state index contributed by atoms with van der Waals surface area (Å²) in [4.78, 5) is 4.08. The quantitative estimate of drug-likeness (QED) is 0.780. The third kappa shape index (κ3) is 1.93. The Labute approximate surface area is 114 Å². The van der Waals surface area contributed by atoms with Crippen LogP contribution in [0.2, 0.25) is 0 Å². The van der Waals surface area contributed by atoms with Gasteiger partial charge in [-0.05, 0) is 12.1 Å². The lowest BCUT2D eigenvalue weighted by atomic mass is 10.1. The molecule has 1 aliphatic heterocycles.